The maximum absolute atomic E-state index is 11.8. The highest BCUT2D eigenvalue weighted by molar-refractivity contribution is 5.82. The van der Waals surface area contributed by atoms with Gasteiger partial charge in [0, 0.05) is 6.54 Å². The van der Waals surface area contributed by atoms with Crippen molar-refractivity contribution in [1.29, 1.82) is 0 Å². The van der Waals surface area contributed by atoms with Gasteiger partial charge in [0.25, 0.3) is 0 Å². The topological polar surface area (TPSA) is 87.7 Å². The van der Waals surface area contributed by atoms with Crippen molar-refractivity contribution in [2.75, 3.05) is 13.2 Å². The van der Waals surface area contributed by atoms with Crippen molar-refractivity contribution in [2.45, 2.75) is 58.9 Å². The molecule has 0 aliphatic carbocycles. The Bertz CT molecular complexity index is 576. The minimum absolute atomic E-state index is 0.110. The summed E-state index contributed by atoms with van der Waals surface area (Å²) in [5.74, 6) is -0.0318. The van der Waals surface area contributed by atoms with Crippen LogP contribution >= 0.6 is 0 Å². The first-order valence-corrected chi connectivity index (χ1v) is 9.10. The fourth-order valence-electron chi connectivity index (χ4n) is 2.42. The second-order valence-corrected chi connectivity index (χ2v) is 7.90. The highest BCUT2D eigenvalue weighted by Crippen LogP contribution is 2.24. The first-order chi connectivity index (χ1) is 12.1. The van der Waals surface area contributed by atoms with E-state index in [-0.39, 0.29) is 11.3 Å². The van der Waals surface area contributed by atoms with Crippen molar-refractivity contribution in [3.8, 4) is 5.75 Å². The van der Waals surface area contributed by atoms with Gasteiger partial charge in [-0.2, -0.15) is 0 Å². The van der Waals surface area contributed by atoms with Crippen LogP contribution in [0.25, 0.3) is 0 Å². The molecule has 0 saturated heterocycles. The van der Waals surface area contributed by atoms with E-state index in [2.05, 4.69) is 43.5 Å². The monoisotopic (exact) mass is 364 g/mol. The molecule has 0 radical (unpaired) electrons. The molecule has 1 aromatic carbocycles. The lowest BCUT2D eigenvalue weighted by molar-refractivity contribution is -0.139. The molecular formula is C20H32N2O4. The summed E-state index contributed by atoms with van der Waals surface area (Å²) in [5, 5.41) is 14.3. The fraction of sp³-hybridized carbons (Fsp3) is 0.600. The maximum Gasteiger partial charge on any atom is 0.326 e. The van der Waals surface area contributed by atoms with Crippen LogP contribution in [0, 0.1) is 5.92 Å². The van der Waals surface area contributed by atoms with E-state index >= 15 is 0 Å². The quantitative estimate of drug-likeness (QED) is 0.585. The normalized spacial score (nSPS) is 12.5. The Morgan fingerprint density at radius 1 is 1.15 bits per heavy atom. The molecule has 6 heteroatoms. The van der Waals surface area contributed by atoms with Crippen LogP contribution < -0.4 is 15.4 Å². The van der Waals surface area contributed by atoms with Crippen molar-refractivity contribution in [3.05, 3.63) is 29.8 Å². The van der Waals surface area contributed by atoms with Gasteiger partial charge in [0.05, 0.1) is 6.61 Å². The summed E-state index contributed by atoms with van der Waals surface area (Å²) in [7, 11) is 0. The highest BCUT2D eigenvalue weighted by atomic mass is 16.5. The Kier molecular flexibility index (Phi) is 8.42. The number of ether oxygens (including phenoxy) is 1. The third-order valence-electron chi connectivity index (χ3n) is 3.91. The lowest BCUT2D eigenvalue weighted by Gasteiger charge is -2.19. The first kappa shape index (κ1) is 21.8. The molecule has 6 nitrogen and oxygen atoms in total. The van der Waals surface area contributed by atoms with E-state index in [9.17, 15) is 9.59 Å². The number of aliphatic carboxylic acids is 1. The highest BCUT2D eigenvalue weighted by Gasteiger charge is 2.20. The number of hydrogen-bond acceptors (Lipinski definition) is 3. The Balaban J connectivity index is 2.27. The molecule has 0 bridgehead atoms. The second kappa shape index (κ2) is 10.0. The number of carboxylic acid groups (broad SMARTS) is 1. The number of amides is 2. The summed E-state index contributed by atoms with van der Waals surface area (Å²) < 4.78 is 5.66. The van der Waals surface area contributed by atoms with E-state index in [0.29, 0.717) is 26.0 Å². The average molecular weight is 364 g/mol. The van der Waals surface area contributed by atoms with Gasteiger partial charge in [-0.15, -0.1) is 0 Å². The van der Waals surface area contributed by atoms with E-state index in [1.807, 2.05) is 26.0 Å². The van der Waals surface area contributed by atoms with Gasteiger partial charge >= 0.3 is 12.0 Å². The molecule has 0 aromatic heterocycles. The summed E-state index contributed by atoms with van der Waals surface area (Å²) in [6.07, 6.45) is 1.03. The number of urea groups is 1. The molecule has 1 rings (SSSR count). The number of rotatable bonds is 9. The molecule has 0 spiro atoms. The van der Waals surface area contributed by atoms with E-state index in [0.717, 1.165) is 5.75 Å². The SMILES string of the molecule is CC(C)CC(NC(=O)NCCCOc1ccc(C(C)(C)C)cc1)C(=O)O. The maximum atomic E-state index is 11.8. The molecule has 146 valence electrons. The van der Waals surface area contributed by atoms with Gasteiger partial charge < -0.3 is 20.5 Å². The van der Waals surface area contributed by atoms with Crippen molar-refractivity contribution >= 4 is 12.0 Å². The van der Waals surface area contributed by atoms with Crippen molar-refractivity contribution in [3.63, 3.8) is 0 Å². The van der Waals surface area contributed by atoms with Crippen molar-refractivity contribution in [1.82, 2.24) is 10.6 Å². The Hall–Kier alpha value is -2.24. The molecular weight excluding hydrogens is 332 g/mol. The van der Waals surface area contributed by atoms with Gasteiger partial charge in [-0.1, -0.05) is 46.8 Å². The molecule has 0 heterocycles. The van der Waals surface area contributed by atoms with E-state index in [4.69, 9.17) is 9.84 Å². The van der Waals surface area contributed by atoms with Crippen LogP contribution in [0.5, 0.6) is 5.75 Å². The largest absolute Gasteiger partial charge is 0.494 e. The number of hydrogen-bond donors (Lipinski definition) is 3. The average Bonchev–Trinajstić information content (AvgIpc) is 2.53. The number of carboxylic acids is 1. The predicted molar refractivity (Wildman–Crippen MR) is 103 cm³/mol. The van der Waals surface area contributed by atoms with Crippen molar-refractivity contribution in [2.24, 2.45) is 5.92 Å². The summed E-state index contributed by atoms with van der Waals surface area (Å²) >= 11 is 0. The van der Waals surface area contributed by atoms with Gasteiger partial charge in [0.1, 0.15) is 11.8 Å². The molecule has 1 unspecified atom stereocenters. The minimum atomic E-state index is -1.02. The van der Waals surface area contributed by atoms with E-state index < -0.39 is 18.0 Å². The van der Waals surface area contributed by atoms with Crippen LogP contribution in [-0.4, -0.2) is 36.3 Å². The smallest absolute Gasteiger partial charge is 0.326 e. The summed E-state index contributed by atoms with van der Waals surface area (Å²) in [4.78, 5) is 22.9. The lowest BCUT2D eigenvalue weighted by atomic mass is 9.87. The molecule has 1 aromatic rings. The zero-order chi connectivity index (χ0) is 19.7. The van der Waals surface area contributed by atoms with Gasteiger partial charge in [0.15, 0.2) is 0 Å². The standard InChI is InChI=1S/C20H32N2O4/c1-14(2)13-17(18(23)24)22-19(25)21-11-6-12-26-16-9-7-15(8-10-16)20(3,4)5/h7-10,14,17H,6,11-13H2,1-5H3,(H,23,24)(H2,21,22,25). The number of nitrogens with one attached hydrogen (secondary N) is 2. The Morgan fingerprint density at radius 2 is 1.77 bits per heavy atom. The summed E-state index contributed by atoms with van der Waals surface area (Å²) in [6.45, 7) is 11.2. The van der Waals surface area contributed by atoms with E-state index in [1.165, 1.54) is 5.56 Å². The second-order valence-electron chi connectivity index (χ2n) is 7.90. The minimum Gasteiger partial charge on any atom is -0.494 e. The zero-order valence-electron chi connectivity index (χ0n) is 16.5. The Morgan fingerprint density at radius 3 is 2.27 bits per heavy atom. The molecule has 2 amide bonds. The van der Waals surface area contributed by atoms with Crippen LogP contribution in [-0.2, 0) is 10.2 Å². The third kappa shape index (κ3) is 8.23. The first-order valence-electron chi connectivity index (χ1n) is 9.10. The zero-order valence-corrected chi connectivity index (χ0v) is 16.5. The van der Waals surface area contributed by atoms with Gasteiger partial charge in [0.2, 0.25) is 0 Å². The van der Waals surface area contributed by atoms with E-state index in [1.54, 1.807) is 0 Å². The molecule has 26 heavy (non-hydrogen) atoms. The number of carbonyl (C=O) groups excluding carboxylic acids is 1. The molecule has 0 aliphatic heterocycles. The van der Waals surface area contributed by atoms with Crippen LogP contribution in [0.4, 0.5) is 4.79 Å². The fourth-order valence-corrected chi connectivity index (χ4v) is 2.42. The van der Waals surface area contributed by atoms with Crippen LogP contribution in [0.1, 0.15) is 53.0 Å². The molecule has 0 saturated carbocycles. The number of carbonyl (C=O) groups is 2. The number of benzene rings is 1. The van der Waals surface area contributed by atoms with Gasteiger partial charge in [-0.25, -0.2) is 9.59 Å². The predicted octanol–water partition coefficient (Wildman–Crippen LogP) is 3.55. The molecule has 0 aliphatic rings. The van der Waals surface area contributed by atoms with Crippen LogP contribution in [0.15, 0.2) is 24.3 Å². The van der Waals surface area contributed by atoms with Crippen molar-refractivity contribution < 1.29 is 19.4 Å². The summed E-state index contributed by atoms with van der Waals surface area (Å²) in [6, 6.07) is 6.68. The summed E-state index contributed by atoms with van der Waals surface area (Å²) in [5.41, 5.74) is 1.36. The third-order valence-corrected chi connectivity index (χ3v) is 3.91. The molecule has 1 atom stereocenters. The van der Waals surface area contributed by atoms with Crippen LogP contribution in [0.2, 0.25) is 0 Å². The van der Waals surface area contributed by atoms with Gasteiger partial charge in [-0.05, 0) is 41.9 Å². The van der Waals surface area contributed by atoms with Gasteiger partial charge in [-0.3, -0.25) is 0 Å². The van der Waals surface area contributed by atoms with Crippen LogP contribution in [0.3, 0.4) is 0 Å². The molecule has 3 N–H and O–H groups in total. The lowest BCUT2D eigenvalue weighted by Crippen LogP contribution is -2.46. The molecule has 0 fully saturated rings. The Labute approximate surface area is 156 Å².